The summed E-state index contributed by atoms with van der Waals surface area (Å²) in [5.74, 6) is -1.01. The van der Waals surface area contributed by atoms with Gasteiger partial charge in [0.2, 0.25) is 11.8 Å². The van der Waals surface area contributed by atoms with Crippen LogP contribution in [0.1, 0.15) is 33.1 Å². The third-order valence-corrected chi connectivity index (χ3v) is 8.20. The highest BCUT2D eigenvalue weighted by atomic mass is 32.2. The molecule has 5 rings (SSSR count). The molecule has 0 saturated heterocycles. The lowest BCUT2D eigenvalue weighted by Crippen LogP contribution is -2.40. The van der Waals surface area contributed by atoms with Crippen molar-refractivity contribution in [2.75, 3.05) is 11.1 Å². The Labute approximate surface area is 274 Å². The molecule has 1 atom stereocenters. The quantitative estimate of drug-likeness (QED) is 0.127. The second-order valence-corrected chi connectivity index (χ2v) is 11.6. The second kappa shape index (κ2) is 15.3. The summed E-state index contributed by atoms with van der Waals surface area (Å²) in [6.07, 6.45) is -4.45. The van der Waals surface area contributed by atoms with E-state index in [1.807, 2.05) is 36.4 Å². The second-order valence-electron chi connectivity index (χ2n) is 10.5. The molecule has 0 fully saturated rings. The number of anilines is 1. The predicted octanol–water partition coefficient (Wildman–Crippen LogP) is 7.89. The fourth-order valence-corrected chi connectivity index (χ4v) is 5.50. The summed E-state index contributed by atoms with van der Waals surface area (Å²) in [6.45, 7) is 0.331. The van der Waals surface area contributed by atoms with Gasteiger partial charge in [-0.25, -0.2) is 0 Å². The first-order valence-electron chi connectivity index (χ1n) is 14.6. The van der Waals surface area contributed by atoms with Gasteiger partial charge in [-0.3, -0.25) is 14.4 Å². The van der Waals surface area contributed by atoms with E-state index in [-0.39, 0.29) is 17.6 Å². The normalized spacial score (nSPS) is 11.7. The number of hydrogen-bond donors (Lipinski definition) is 3. The molecule has 238 valence electrons. The number of hydrogen-bond acceptors (Lipinski definition) is 4. The molecule has 0 aliphatic carbocycles. The van der Waals surface area contributed by atoms with Gasteiger partial charge in [0.05, 0.1) is 11.3 Å². The third kappa shape index (κ3) is 9.11. The van der Waals surface area contributed by atoms with Crippen LogP contribution in [0.25, 0.3) is 11.1 Å². The van der Waals surface area contributed by atoms with Gasteiger partial charge in [-0.05, 0) is 64.7 Å². The zero-order valence-electron chi connectivity index (χ0n) is 25.0. The van der Waals surface area contributed by atoms with Gasteiger partial charge in [0, 0.05) is 22.7 Å². The first-order valence-corrected chi connectivity index (χ1v) is 15.6. The summed E-state index contributed by atoms with van der Waals surface area (Å²) in [5, 5.41) is 8.56. The van der Waals surface area contributed by atoms with Crippen LogP contribution < -0.4 is 16.0 Å². The van der Waals surface area contributed by atoms with Crippen LogP contribution >= 0.6 is 11.8 Å². The molecule has 6 nitrogen and oxygen atoms in total. The van der Waals surface area contributed by atoms with Crippen LogP contribution in [0.3, 0.4) is 0 Å². The molecule has 47 heavy (non-hydrogen) atoms. The summed E-state index contributed by atoms with van der Waals surface area (Å²) in [6, 6.07) is 35.9. The molecule has 10 heteroatoms. The fraction of sp³-hybridized carbons (Fsp3) is 0.108. The van der Waals surface area contributed by atoms with Crippen molar-refractivity contribution in [1.29, 1.82) is 0 Å². The minimum atomic E-state index is -4.45. The first-order chi connectivity index (χ1) is 22.7. The van der Waals surface area contributed by atoms with Crippen LogP contribution in [0.2, 0.25) is 0 Å². The van der Waals surface area contributed by atoms with E-state index in [0.29, 0.717) is 34.5 Å². The third-order valence-electron chi connectivity index (χ3n) is 7.19. The highest BCUT2D eigenvalue weighted by Crippen LogP contribution is 2.32. The Kier molecular flexibility index (Phi) is 10.7. The molecule has 0 saturated carbocycles. The van der Waals surface area contributed by atoms with Crippen LogP contribution in [0.4, 0.5) is 18.9 Å². The highest BCUT2D eigenvalue weighted by molar-refractivity contribution is 8.00. The zero-order chi connectivity index (χ0) is 33.2. The number of alkyl halides is 3. The van der Waals surface area contributed by atoms with E-state index >= 15 is 0 Å². The van der Waals surface area contributed by atoms with E-state index in [1.165, 1.54) is 23.9 Å². The van der Waals surface area contributed by atoms with Crippen LogP contribution in [0.5, 0.6) is 0 Å². The van der Waals surface area contributed by atoms with Crippen LogP contribution in [0.15, 0.2) is 138 Å². The summed E-state index contributed by atoms with van der Waals surface area (Å²) in [4.78, 5) is 40.0. The van der Waals surface area contributed by atoms with E-state index in [9.17, 15) is 27.6 Å². The maximum atomic E-state index is 13.2. The van der Waals surface area contributed by atoms with Crippen molar-refractivity contribution >= 4 is 35.2 Å². The Morgan fingerprint density at radius 1 is 0.702 bits per heavy atom. The van der Waals surface area contributed by atoms with Crippen molar-refractivity contribution < 1.29 is 27.6 Å². The number of carbonyl (C=O) groups excluding carboxylic acids is 3. The first kappa shape index (κ1) is 33.0. The molecular formula is C37H30F3N3O3S. The Hall–Kier alpha value is -5.35. The Balaban J connectivity index is 1.18. The number of rotatable bonds is 11. The monoisotopic (exact) mass is 653 g/mol. The number of benzene rings is 5. The van der Waals surface area contributed by atoms with Gasteiger partial charge in [-0.15, -0.1) is 11.8 Å². The lowest BCUT2D eigenvalue weighted by molar-refractivity contribution is -0.137. The van der Waals surface area contributed by atoms with Gasteiger partial charge in [0.25, 0.3) is 5.91 Å². The molecule has 0 spiro atoms. The zero-order valence-corrected chi connectivity index (χ0v) is 25.8. The van der Waals surface area contributed by atoms with Gasteiger partial charge < -0.3 is 16.0 Å². The van der Waals surface area contributed by atoms with Gasteiger partial charge >= 0.3 is 6.18 Å². The van der Waals surface area contributed by atoms with Gasteiger partial charge in [-0.2, -0.15) is 13.2 Å². The van der Waals surface area contributed by atoms with Crippen molar-refractivity contribution in [3.8, 4) is 11.1 Å². The molecule has 0 unspecified atom stereocenters. The van der Waals surface area contributed by atoms with Crippen molar-refractivity contribution in [3.63, 3.8) is 0 Å². The summed E-state index contributed by atoms with van der Waals surface area (Å²) in [7, 11) is 0. The number of amides is 3. The average Bonchev–Trinajstić information content (AvgIpc) is 3.09. The fourth-order valence-electron chi connectivity index (χ4n) is 4.79. The van der Waals surface area contributed by atoms with E-state index in [0.717, 1.165) is 22.6 Å². The number of thioether (sulfide) groups is 1. The van der Waals surface area contributed by atoms with Crippen LogP contribution in [-0.4, -0.2) is 23.5 Å². The average molecular weight is 654 g/mol. The molecular weight excluding hydrogens is 623 g/mol. The van der Waals surface area contributed by atoms with Crippen molar-refractivity contribution in [1.82, 2.24) is 10.6 Å². The molecule has 0 radical (unpaired) electrons. The smallest absolute Gasteiger partial charge is 0.350 e. The van der Waals surface area contributed by atoms with Crippen LogP contribution in [0, 0.1) is 0 Å². The van der Waals surface area contributed by atoms with E-state index in [2.05, 4.69) is 16.0 Å². The maximum Gasteiger partial charge on any atom is 0.416 e. The SMILES string of the molecule is O=C(CSc1ccc(NC(=O)c2ccccc2-c2ccc(C(F)(F)F)cc2)cc1)N[C@H](C(=O)NCc1ccccc1)c1ccccc1. The topological polar surface area (TPSA) is 87.3 Å². The van der Waals surface area contributed by atoms with E-state index in [4.69, 9.17) is 0 Å². The largest absolute Gasteiger partial charge is 0.416 e. The molecule has 0 aliphatic rings. The van der Waals surface area contributed by atoms with Crippen molar-refractivity contribution in [3.05, 3.63) is 156 Å². The molecule has 3 N–H and O–H groups in total. The minimum absolute atomic E-state index is 0.0571. The van der Waals surface area contributed by atoms with E-state index < -0.39 is 23.7 Å². The molecule has 3 amide bonds. The molecule has 0 bridgehead atoms. The standard InChI is InChI=1S/C37H30F3N3O3S/c38-37(39,40)28-17-15-26(16-18-28)31-13-7-8-14-32(31)35(45)42-29-19-21-30(22-20-29)47-24-33(44)43-34(27-11-5-2-6-12-27)36(46)41-23-25-9-3-1-4-10-25/h1-22,34H,23-24H2,(H,41,46)(H,42,45)(H,43,44)/t34-/m0/s1. The van der Waals surface area contributed by atoms with Gasteiger partial charge in [0.15, 0.2) is 0 Å². The Morgan fingerprint density at radius 3 is 1.98 bits per heavy atom. The summed E-state index contributed by atoms with van der Waals surface area (Å²) < 4.78 is 39.0. The highest BCUT2D eigenvalue weighted by Gasteiger charge is 2.30. The molecule has 0 aromatic heterocycles. The van der Waals surface area contributed by atoms with Crippen molar-refractivity contribution in [2.24, 2.45) is 0 Å². The number of halogens is 3. The minimum Gasteiger partial charge on any atom is -0.350 e. The molecule has 0 heterocycles. The Bertz CT molecular complexity index is 1820. The summed E-state index contributed by atoms with van der Waals surface area (Å²) >= 11 is 1.28. The molecule has 5 aromatic carbocycles. The van der Waals surface area contributed by atoms with E-state index in [1.54, 1.807) is 72.8 Å². The van der Waals surface area contributed by atoms with Gasteiger partial charge in [0.1, 0.15) is 6.04 Å². The number of nitrogens with one attached hydrogen (secondary N) is 3. The van der Waals surface area contributed by atoms with Gasteiger partial charge in [-0.1, -0.05) is 91.0 Å². The summed E-state index contributed by atoms with van der Waals surface area (Å²) in [5.41, 5.74) is 2.64. The van der Waals surface area contributed by atoms with Crippen molar-refractivity contribution in [2.45, 2.75) is 23.7 Å². The lowest BCUT2D eigenvalue weighted by Gasteiger charge is -2.19. The lowest BCUT2D eigenvalue weighted by atomic mass is 9.98. The van der Waals surface area contributed by atoms with Crippen LogP contribution in [-0.2, 0) is 22.3 Å². The Morgan fingerprint density at radius 2 is 1.32 bits per heavy atom. The number of carbonyl (C=O) groups is 3. The predicted molar refractivity (Wildman–Crippen MR) is 178 cm³/mol. The molecule has 0 aliphatic heterocycles. The maximum absolute atomic E-state index is 13.2. The molecule has 5 aromatic rings.